The largest absolute Gasteiger partial charge is 0.287 e. The van der Waals surface area contributed by atoms with Crippen LogP contribution in [0.3, 0.4) is 0 Å². The van der Waals surface area contributed by atoms with Crippen LogP contribution in [0.1, 0.15) is 0 Å². The van der Waals surface area contributed by atoms with Gasteiger partial charge in [0, 0.05) is 11.6 Å². The summed E-state index contributed by atoms with van der Waals surface area (Å²) in [6, 6.07) is 6.10. The van der Waals surface area contributed by atoms with Crippen LogP contribution in [0.25, 0.3) is 11.3 Å². The van der Waals surface area contributed by atoms with Crippen molar-refractivity contribution >= 4 is 40.5 Å². The van der Waals surface area contributed by atoms with Gasteiger partial charge in [0.05, 0.1) is 25.7 Å². The third-order valence-electron chi connectivity index (χ3n) is 2.27. The van der Waals surface area contributed by atoms with E-state index < -0.39 is 4.92 Å². The molecule has 92 valence electrons. The summed E-state index contributed by atoms with van der Waals surface area (Å²) in [6.07, 6.45) is 1.16. The van der Waals surface area contributed by atoms with Crippen LogP contribution < -0.4 is 0 Å². The lowest BCUT2D eigenvalue weighted by atomic mass is 10.1. The fourth-order valence-corrected chi connectivity index (χ4v) is 2.01. The monoisotopic (exact) mass is 302 g/mol. The minimum atomic E-state index is -0.521. The normalized spacial score (nSPS) is 10.4. The van der Waals surface area contributed by atoms with E-state index in [0.29, 0.717) is 16.3 Å². The molecule has 0 aliphatic rings. The van der Waals surface area contributed by atoms with Crippen molar-refractivity contribution in [1.82, 2.24) is 4.98 Å². The highest BCUT2D eigenvalue weighted by molar-refractivity contribution is 6.49. The van der Waals surface area contributed by atoms with Crippen molar-refractivity contribution in [3.63, 3.8) is 0 Å². The van der Waals surface area contributed by atoms with E-state index in [-0.39, 0.29) is 15.7 Å². The van der Waals surface area contributed by atoms with Gasteiger partial charge in [0.15, 0.2) is 0 Å². The maximum absolute atomic E-state index is 10.5. The van der Waals surface area contributed by atoms with Crippen LogP contribution in [0.15, 0.2) is 30.5 Å². The Morgan fingerprint density at radius 2 is 1.78 bits per heavy atom. The molecule has 0 bridgehead atoms. The third kappa shape index (κ3) is 2.41. The van der Waals surface area contributed by atoms with Crippen molar-refractivity contribution in [3.8, 4) is 11.3 Å². The molecule has 18 heavy (non-hydrogen) atoms. The molecule has 0 unspecified atom stereocenters. The second-order valence-electron chi connectivity index (χ2n) is 3.38. The van der Waals surface area contributed by atoms with Crippen molar-refractivity contribution in [1.29, 1.82) is 0 Å². The fourth-order valence-electron chi connectivity index (χ4n) is 1.38. The van der Waals surface area contributed by atoms with Crippen LogP contribution in [0.4, 0.5) is 5.69 Å². The number of nitro groups is 1. The average Bonchev–Trinajstić information content (AvgIpc) is 2.36. The van der Waals surface area contributed by atoms with Gasteiger partial charge in [0.1, 0.15) is 6.20 Å². The van der Waals surface area contributed by atoms with E-state index in [1.165, 1.54) is 12.1 Å². The van der Waals surface area contributed by atoms with Crippen molar-refractivity contribution in [3.05, 3.63) is 55.6 Å². The van der Waals surface area contributed by atoms with Crippen molar-refractivity contribution < 1.29 is 4.92 Å². The number of hydrogen-bond acceptors (Lipinski definition) is 3. The summed E-state index contributed by atoms with van der Waals surface area (Å²) in [5, 5.41) is 11.4. The Morgan fingerprint density at radius 3 is 2.33 bits per heavy atom. The first-order valence-electron chi connectivity index (χ1n) is 4.75. The second kappa shape index (κ2) is 5.10. The van der Waals surface area contributed by atoms with Crippen LogP contribution in [-0.2, 0) is 0 Å². The molecule has 2 rings (SSSR count). The van der Waals surface area contributed by atoms with Crippen molar-refractivity contribution in [2.75, 3.05) is 0 Å². The molecule has 1 aromatic heterocycles. The van der Waals surface area contributed by atoms with E-state index in [4.69, 9.17) is 34.8 Å². The molecule has 0 atom stereocenters. The number of rotatable bonds is 2. The summed E-state index contributed by atoms with van der Waals surface area (Å²) < 4.78 is 0. The lowest BCUT2D eigenvalue weighted by Crippen LogP contribution is -1.91. The first kappa shape index (κ1) is 13.1. The molecular formula is C11H5Cl3N2O2. The summed E-state index contributed by atoms with van der Waals surface area (Å²) in [5.41, 5.74) is 0.972. The quantitative estimate of drug-likeness (QED) is 0.462. The van der Waals surface area contributed by atoms with E-state index in [1.54, 1.807) is 12.1 Å². The number of aromatic nitrogens is 1. The van der Waals surface area contributed by atoms with E-state index in [9.17, 15) is 10.1 Å². The van der Waals surface area contributed by atoms with Crippen molar-refractivity contribution in [2.45, 2.75) is 0 Å². The van der Waals surface area contributed by atoms with Crippen LogP contribution in [0, 0.1) is 10.1 Å². The smallest absolute Gasteiger partial charge is 0.258 e. The second-order valence-corrected chi connectivity index (χ2v) is 4.54. The van der Waals surface area contributed by atoms with Gasteiger partial charge in [-0.05, 0) is 18.2 Å². The summed E-state index contributed by atoms with van der Waals surface area (Å²) in [6.45, 7) is 0. The van der Waals surface area contributed by atoms with Crippen LogP contribution in [0.5, 0.6) is 0 Å². The summed E-state index contributed by atoms with van der Waals surface area (Å²) in [7, 11) is 0. The van der Waals surface area contributed by atoms with Gasteiger partial charge >= 0.3 is 0 Å². The highest BCUT2D eigenvalue weighted by Gasteiger charge is 2.13. The molecule has 2 aromatic rings. The Morgan fingerprint density at radius 1 is 1.06 bits per heavy atom. The molecular weight excluding hydrogens is 298 g/mol. The molecule has 1 heterocycles. The molecule has 0 saturated heterocycles. The van der Waals surface area contributed by atoms with Gasteiger partial charge in [-0.2, -0.15) is 0 Å². The first-order chi connectivity index (χ1) is 8.50. The lowest BCUT2D eigenvalue weighted by Gasteiger charge is -2.06. The van der Waals surface area contributed by atoms with E-state index in [1.807, 2.05) is 0 Å². The van der Waals surface area contributed by atoms with Gasteiger partial charge in [-0.25, -0.2) is 4.98 Å². The average molecular weight is 304 g/mol. The molecule has 0 spiro atoms. The van der Waals surface area contributed by atoms with Gasteiger partial charge in [0.2, 0.25) is 0 Å². The number of halogens is 3. The number of nitrogens with zero attached hydrogens (tertiary/aromatic N) is 2. The topological polar surface area (TPSA) is 56.0 Å². The SMILES string of the molecule is O=[N+]([O-])c1ccc(-c2ccc(Cl)c(Cl)c2Cl)nc1. The van der Waals surface area contributed by atoms with Gasteiger partial charge in [-0.3, -0.25) is 10.1 Å². The lowest BCUT2D eigenvalue weighted by molar-refractivity contribution is -0.385. The highest BCUT2D eigenvalue weighted by atomic mass is 35.5. The molecule has 0 radical (unpaired) electrons. The predicted molar refractivity (Wildman–Crippen MR) is 71.4 cm³/mol. The van der Waals surface area contributed by atoms with Gasteiger partial charge in [-0.15, -0.1) is 0 Å². The molecule has 0 fully saturated rings. The first-order valence-corrected chi connectivity index (χ1v) is 5.88. The minimum absolute atomic E-state index is 0.0880. The molecule has 0 aliphatic heterocycles. The predicted octanol–water partition coefficient (Wildman–Crippen LogP) is 4.62. The summed E-state index contributed by atoms with van der Waals surface area (Å²) >= 11 is 17.8. The number of hydrogen-bond donors (Lipinski definition) is 0. The third-order valence-corrected chi connectivity index (χ3v) is 3.56. The molecule has 0 amide bonds. The number of benzene rings is 1. The fraction of sp³-hybridized carbons (Fsp3) is 0. The molecule has 4 nitrogen and oxygen atoms in total. The Hall–Kier alpha value is -1.36. The Labute approximate surface area is 117 Å². The van der Waals surface area contributed by atoms with E-state index >= 15 is 0 Å². The van der Waals surface area contributed by atoms with Crippen LogP contribution in [0.2, 0.25) is 15.1 Å². The highest BCUT2D eigenvalue weighted by Crippen LogP contribution is 2.37. The molecule has 0 saturated carbocycles. The van der Waals surface area contributed by atoms with Crippen molar-refractivity contribution in [2.24, 2.45) is 0 Å². The summed E-state index contributed by atoms with van der Waals surface area (Å²) in [5.74, 6) is 0. The van der Waals surface area contributed by atoms with Gasteiger partial charge in [-0.1, -0.05) is 34.8 Å². The Bertz CT molecular complexity index is 614. The molecule has 1 aromatic carbocycles. The standard InChI is InChI=1S/C11H5Cl3N2O2/c12-8-3-2-7(10(13)11(8)14)9-4-1-6(5-15-9)16(17)18/h1-5H. The maximum Gasteiger partial charge on any atom is 0.287 e. The zero-order valence-electron chi connectivity index (χ0n) is 8.73. The zero-order chi connectivity index (χ0) is 13.3. The zero-order valence-corrected chi connectivity index (χ0v) is 11.0. The number of pyridine rings is 1. The Kier molecular flexibility index (Phi) is 3.71. The van der Waals surface area contributed by atoms with Gasteiger partial charge in [0.25, 0.3) is 5.69 Å². The van der Waals surface area contributed by atoms with Crippen LogP contribution >= 0.6 is 34.8 Å². The maximum atomic E-state index is 10.5. The molecule has 0 N–H and O–H groups in total. The van der Waals surface area contributed by atoms with Gasteiger partial charge < -0.3 is 0 Å². The van der Waals surface area contributed by atoms with E-state index in [0.717, 1.165) is 6.20 Å². The molecule has 7 heteroatoms. The summed E-state index contributed by atoms with van der Waals surface area (Å²) in [4.78, 5) is 14.0. The molecule has 0 aliphatic carbocycles. The Balaban J connectivity index is 2.49. The van der Waals surface area contributed by atoms with Crippen LogP contribution in [-0.4, -0.2) is 9.91 Å². The minimum Gasteiger partial charge on any atom is -0.258 e. The van der Waals surface area contributed by atoms with E-state index in [2.05, 4.69) is 4.98 Å².